The first-order chi connectivity index (χ1) is 6.45. The Bertz CT molecular complexity index is 455. The molecule has 0 aliphatic heterocycles. The molecule has 0 heterocycles. The van der Waals surface area contributed by atoms with E-state index in [0.717, 1.165) is 6.07 Å². The van der Waals surface area contributed by atoms with Gasteiger partial charge in [0.25, 0.3) is 15.5 Å². The summed E-state index contributed by atoms with van der Waals surface area (Å²) in [7, 11) is 1.15. The van der Waals surface area contributed by atoms with Crippen LogP contribution in [-0.4, -0.2) is 14.9 Å². The normalized spacial score (nSPS) is 11.0. The molecule has 0 fully saturated rings. The van der Waals surface area contributed by atoms with Crippen molar-refractivity contribution in [3.8, 4) is 5.75 Å². The summed E-state index contributed by atoms with van der Waals surface area (Å²) in [5.74, 6) is 0.0589. The molecule has 0 saturated carbocycles. The fourth-order valence-corrected chi connectivity index (χ4v) is 2.28. The van der Waals surface area contributed by atoms with E-state index in [2.05, 4.69) is 4.74 Å². The second kappa shape index (κ2) is 4.16. The highest BCUT2D eigenvalue weighted by Crippen LogP contribution is 2.28. The first-order valence-electron chi connectivity index (χ1n) is 3.29. The Balaban J connectivity index is 3.29. The van der Waals surface area contributed by atoms with E-state index >= 15 is 0 Å². The summed E-state index contributed by atoms with van der Waals surface area (Å²) in [5, 5.41) is -0.0294. The number of halogens is 2. The van der Waals surface area contributed by atoms with Crippen LogP contribution >= 0.6 is 22.3 Å². The predicted octanol–water partition coefficient (Wildman–Crippen LogP) is 1.80. The summed E-state index contributed by atoms with van der Waals surface area (Å²) >= 11 is 5.57. The molecule has 4 nitrogen and oxygen atoms in total. The van der Waals surface area contributed by atoms with Crippen LogP contribution in [0.3, 0.4) is 0 Å². The van der Waals surface area contributed by atoms with Gasteiger partial charge in [-0.15, -0.1) is 0 Å². The Labute approximate surface area is 89.8 Å². The van der Waals surface area contributed by atoms with Crippen molar-refractivity contribution in [2.45, 2.75) is 4.90 Å². The maximum absolute atomic E-state index is 10.9. The van der Waals surface area contributed by atoms with Crippen LogP contribution in [0.1, 0.15) is 0 Å². The lowest BCUT2D eigenvalue weighted by Crippen LogP contribution is -1.94. The highest BCUT2D eigenvalue weighted by Gasteiger charge is 2.15. The second-order valence-corrected chi connectivity index (χ2v) is 5.19. The van der Waals surface area contributed by atoms with Gasteiger partial charge in [-0.2, -0.15) is 0 Å². The minimum Gasteiger partial charge on any atom is -0.429 e. The third-order valence-corrected chi connectivity index (χ3v) is 3.15. The largest absolute Gasteiger partial charge is 0.429 e. The Hall–Kier alpha value is -0.780. The van der Waals surface area contributed by atoms with Gasteiger partial charge >= 0.3 is 0 Å². The summed E-state index contributed by atoms with van der Waals surface area (Å²) in [6.45, 7) is 0.174. The predicted molar refractivity (Wildman–Crippen MR) is 51.2 cm³/mol. The van der Waals surface area contributed by atoms with Gasteiger partial charge in [0.15, 0.2) is 0 Å². The summed E-state index contributed by atoms with van der Waals surface area (Å²) < 4.78 is 26.3. The van der Waals surface area contributed by atoms with E-state index in [0.29, 0.717) is 0 Å². The molecule has 0 atom stereocenters. The topological polar surface area (TPSA) is 60.4 Å². The van der Waals surface area contributed by atoms with Crippen LogP contribution in [0.15, 0.2) is 23.1 Å². The van der Waals surface area contributed by atoms with Gasteiger partial charge < -0.3 is 4.74 Å². The van der Waals surface area contributed by atoms with E-state index in [9.17, 15) is 13.2 Å². The molecular weight excluding hydrogens is 251 g/mol. The van der Waals surface area contributed by atoms with Gasteiger partial charge in [-0.3, -0.25) is 4.79 Å². The van der Waals surface area contributed by atoms with E-state index in [-0.39, 0.29) is 22.1 Å². The van der Waals surface area contributed by atoms with Crippen LogP contribution < -0.4 is 4.74 Å². The summed E-state index contributed by atoms with van der Waals surface area (Å²) in [5.41, 5.74) is 0. The number of ether oxygens (including phenoxy) is 1. The van der Waals surface area contributed by atoms with Crippen molar-refractivity contribution in [3.05, 3.63) is 23.2 Å². The molecule has 7 heteroatoms. The molecule has 0 saturated heterocycles. The molecule has 1 aromatic rings. The van der Waals surface area contributed by atoms with Gasteiger partial charge in [-0.1, -0.05) is 11.6 Å². The highest BCUT2D eigenvalue weighted by atomic mass is 35.7. The van der Waals surface area contributed by atoms with Crippen LogP contribution in [0, 0.1) is 0 Å². The van der Waals surface area contributed by atoms with Gasteiger partial charge in [-0.05, 0) is 12.1 Å². The summed E-state index contributed by atoms with van der Waals surface area (Å²) in [6.07, 6.45) is 0. The van der Waals surface area contributed by atoms with Gasteiger partial charge in [0, 0.05) is 16.7 Å². The standard InChI is InChI=1S/C7H4Cl2O4S/c8-6-2-1-5(13-4-10)3-7(6)14(9,11)12/h1-4H. The van der Waals surface area contributed by atoms with E-state index in [1.165, 1.54) is 12.1 Å². The van der Waals surface area contributed by atoms with Crippen molar-refractivity contribution < 1.29 is 17.9 Å². The maximum Gasteiger partial charge on any atom is 0.298 e. The van der Waals surface area contributed by atoms with E-state index in [1.807, 2.05) is 0 Å². The number of rotatable bonds is 3. The maximum atomic E-state index is 10.9. The zero-order valence-corrected chi connectivity index (χ0v) is 8.93. The van der Waals surface area contributed by atoms with Crippen LogP contribution in [0.2, 0.25) is 5.02 Å². The summed E-state index contributed by atoms with van der Waals surface area (Å²) in [4.78, 5) is 9.69. The first-order valence-corrected chi connectivity index (χ1v) is 5.98. The van der Waals surface area contributed by atoms with Crippen molar-refractivity contribution in [3.63, 3.8) is 0 Å². The molecule has 0 bridgehead atoms. The number of carbonyl (C=O) groups excluding carboxylic acids is 1. The average Bonchev–Trinajstić information content (AvgIpc) is 2.07. The van der Waals surface area contributed by atoms with Gasteiger partial charge in [0.1, 0.15) is 10.6 Å². The van der Waals surface area contributed by atoms with Gasteiger partial charge in [-0.25, -0.2) is 8.42 Å². The molecule has 0 aliphatic rings. The molecule has 76 valence electrons. The minimum atomic E-state index is -3.93. The Morgan fingerprint density at radius 1 is 1.36 bits per heavy atom. The molecule has 14 heavy (non-hydrogen) atoms. The number of hydrogen-bond acceptors (Lipinski definition) is 4. The second-order valence-electron chi connectivity index (χ2n) is 2.24. The van der Waals surface area contributed by atoms with E-state index in [1.54, 1.807) is 0 Å². The zero-order valence-electron chi connectivity index (χ0n) is 6.61. The molecule has 0 N–H and O–H groups in total. The lowest BCUT2D eigenvalue weighted by Gasteiger charge is -2.02. The first kappa shape index (κ1) is 11.3. The number of hydrogen-bond donors (Lipinski definition) is 0. The fraction of sp³-hybridized carbons (Fsp3) is 0. The van der Waals surface area contributed by atoms with Gasteiger partial charge in [0.05, 0.1) is 5.02 Å². The number of carbonyl (C=O) groups is 1. The lowest BCUT2D eigenvalue weighted by molar-refractivity contribution is -0.120. The Morgan fingerprint density at radius 3 is 2.50 bits per heavy atom. The van der Waals surface area contributed by atoms with Crippen molar-refractivity contribution >= 4 is 37.8 Å². The molecule has 0 aromatic heterocycles. The van der Waals surface area contributed by atoms with Crippen molar-refractivity contribution in [1.82, 2.24) is 0 Å². The van der Waals surface area contributed by atoms with Crippen LogP contribution in [-0.2, 0) is 13.8 Å². The molecule has 0 spiro atoms. The fourth-order valence-electron chi connectivity index (χ4n) is 0.799. The quantitative estimate of drug-likeness (QED) is 0.610. The molecular formula is C7H4Cl2O4S. The lowest BCUT2D eigenvalue weighted by atomic mass is 10.3. The average molecular weight is 255 g/mol. The van der Waals surface area contributed by atoms with Crippen molar-refractivity contribution in [2.75, 3.05) is 0 Å². The van der Waals surface area contributed by atoms with Crippen LogP contribution in [0.25, 0.3) is 0 Å². The Kier molecular flexibility index (Phi) is 3.36. The number of benzene rings is 1. The molecule has 1 rings (SSSR count). The monoisotopic (exact) mass is 254 g/mol. The molecule has 1 aromatic carbocycles. The van der Waals surface area contributed by atoms with Gasteiger partial charge in [0.2, 0.25) is 0 Å². The van der Waals surface area contributed by atoms with Crippen LogP contribution in [0.5, 0.6) is 5.75 Å². The third kappa shape index (κ3) is 2.60. The van der Waals surface area contributed by atoms with E-state index < -0.39 is 9.05 Å². The van der Waals surface area contributed by atoms with Crippen molar-refractivity contribution in [2.24, 2.45) is 0 Å². The van der Waals surface area contributed by atoms with E-state index in [4.69, 9.17) is 22.3 Å². The van der Waals surface area contributed by atoms with Crippen LogP contribution in [0.4, 0.5) is 0 Å². The summed E-state index contributed by atoms with van der Waals surface area (Å²) in [6, 6.07) is 3.69. The Morgan fingerprint density at radius 2 is 2.00 bits per heavy atom. The minimum absolute atomic E-state index is 0.0294. The zero-order chi connectivity index (χ0) is 10.8. The molecule has 0 unspecified atom stereocenters. The smallest absolute Gasteiger partial charge is 0.298 e. The molecule has 0 aliphatic carbocycles. The molecule has 0 radical (unpaired) electrons. The van der Waals surface area contributed by atoms with Crippen molar-refractivity contribution in [1.29, 1.82) is 0 Å². The highest BCUT2D eigenvalue weighted by molar-refractivity contribution is 8.13. The third-order valence-electron chi connectivity index (χ3n) is 1.35. The SMILES string of the molecule is O=COc1ccc(Cl)c(S(=O)(=O)Cl)c1. The molecule has 0 amide bonds.